The van der Waals surface area contributed by atoms with Crippen molar-refractivity contribution in [3.05, 3.63) is 95.6 Å². The van der Waals surface area contributed by atoms with E-state index in [1.54, 1.807) is 18.9 Å². The molecule has 29 heavy (non-hydrogen) atoms. The third-order valence-corrected chi connectivity index (χ3v) is 6.15. The molecule has 4 rings (SSSR count). The summed E-state index contributed by atoms with van der Waals surface area (Å²) in [5.74, 6) is 2.32. The number of benzene rings is 3. The lowest BCUT2D eigenvalue weighted by molar-refractivity contribution is -0.128. The first-order chi connectivity index (χ1) is 14.2. The zero-order chi connectivity index (χ0) is 20.1. The van der Waals surface area contributed by atoms with Gasteiger partial charge in [-0.05, 0) is 41.0 Å². The highest BCUT2D eigenvalue weighted by Crippen LogP contribution is 2.40. The number of amides is 1. The molecule has 1 aliphatic heterocycles. The van der Waals surface area contributed by atoms with Crippen molar-refractivity contribution in [2.45, 2.75) is 18.5 Å². The Morgan fingerprint density at radius 3 is 2.28 bits per heavy atom. The van der Waals surface area contributed by atoms with Crippen LogP contribution in [0.25, 0.3) is 0 Å². The first-order valence-electron chi connectivity index (χ1n) is 9.53. The highest BCUT2D eigenvalue weighted by molar-refractivity contribution is 8.00. The summed E-state index contributed by atoms with van der Waals surface area (Å²) in [6, 6.07) is 26.0. The van der Waals surface area contributed by atoms with Crippen LogP contribution in [0.2, 0.25) is 0 Å². The average molecular weight is 406 g/mol. The Kier molecular flexibility index (Phi) is 6.06. The molecule has 3 aromatic carbocycles. The molecule has 0 N–H and O–H groups in total. The predicted molar refractivity (Wildman–Crippen MR) is 116 cm³/mol. The maximum atomic E-state index is 12.5. The Hall–Kier alpha value is -2.92. The van der Waals surface area contributed by atoms with E-state index >= 15 is 0 Å². The molecule has 1 heterocycles. The average Bonchev–Trinajstić information content (AvgIpc) is 3.14. The molecule has 3 aromatic rings. The third-order valence-electron chi connectivity index (χ3n) is 4.89. The minimum absolute atomic E-state index is 0.0211. The summed E-state index contributed by atoms with van der Waals surface area (Å²) >= 11 is 1.67. The fourth-order valence-electron chi connectivity index (χ4n) is 3.30. The smallest absolute Gasteiger partial charge is 0.234 e. The van der Waals surface area contributed by atoms with Gasteiger partial charge in [0.15, 0.2) is 0 Å². The number of carbonyl (C=O) groups excluding carboxylic acids is 1. The molecule has 0 spiro atoms. The largest absolute Gasteiger partial charge is 0.497 e. The highest BCUT2D eigenvalue weighted by atomic mass is 32.2. The fraction of sp³-hybridized carbons (Fsp3) is 0.208. The van der Waals surface area contributed by atoms with Crippen LogP contribution in [-0.4, -0.2) is 23.7 Å². The summed E-state index contributed by atoms with van der Waals surface area (Å²) in [5, 5.41) is 0.0211. The minimum atomic E-state index is 0.0211. The van der Waals surface area contributed by atoms with Crippen LogP contribution in [0.15, 0.2) is 78.9 Å². The SMILES string of the molecule is COc1ccc(CN2C(=O)CS[C@H]2c2ccc(OCc3ccccc3)cc2)cc1. The van der Waals surface area contributed by atoms with E-state index < -0.39 is 0 Å². The van der Waals surface area contributed by atoms with Crippen LogP contribution in [0.4, 0.5) is 0 Å². The number of ether oxygens (including phenoxy) is 2. The van der Waals surface area contributed by atoms with E-state index in [1.807, 2.05) is 71.6 Å². The maximum absolute atomic E-state index is 12.5. The summed E-state index contributed by atoms with van der Waals surface area (Å²) in [7, 11) is 1.65. The van der Waals surface area contributed by atoms with Gasteiger partial charge >= 0.3 is 0 Å². The highest BCUT2D eigenvalue weighted by Gasteiger charge is 2.32. The van der Waals surface area contributed by atoms with Gasteiger partial charge in [0.2, 0.25) is 5.91 Å². The van der Waals surface area contributed by atoms with E-state index in [4.69, 9.17) is 9.47 Å². The van der Waals surface area contributed by atoms with Gasteiger partial charge in [-0.1, -0.05) is 54.6 Å². The van der Waals surface area contributed by atoms with E-state index in [2.05, 4.69) is 12.1 Å². The van der Waals surface area contributed by atoms with Crippen LogP contribution in [0, 0.1) is 0 Å². The van der Waals surface area contributed by atoms with Crippen molar-refractivity contribution < 1.29 is 14.3 Å². The van der Waals surface area contributed by atoms with E-state index in [1.165, 1.54) is 0 Å². The van der Waals surface area contributed by atoms with Gasteiger partial charge in [0.25, 0.3) is 0 Å². The first-order valence-corrected chi connectivity index (χ1v) is 10.6. The molecule has 0 bridgehead atoms. The Morgan fingerprint density at radius 2 is 1.59 bits per heavy atom. The van der Waals surface area contributed by atoms with Gasteiger partial charge in [-0.3, -0.25) is 4.79 Å². The van der Waals surface area contributed by atoms with Crippen LogP contribution < -0.4 is 9.47 Å². The summed E-state index contributed by atoms with van der Waals surface area (Å²) in [6.07, 6.45) is 0. The summed E-state index contributed by atoms with van der Waals surface area (Å²) in [4.78, 5) is 14.4. The normalized spacial score (nSPS) is 16.1. The molecule has 1 fully saturated rings. The molecule has 5 heteroatoms. The van der Waals surface area contributed by atoms with Gasteiger partial charge in [-0.2, -0.15) is 0 Å². The second kappa shape index (κ2) is 9.05. The Morgan fingerprint density at radius 1 is 0.897 bits per heavy atom. The lowest BCUT2D eigenvalue weighted by Gasteiger charge is -2.24. The molecule has 148 valence electrons. The summed E-state index contributed by atoms with van der Waals surface area (Å²) in [6.45, 7) is 1.13. The molecular formula is C24H23NO3S. The summed E-state index contributed by atoms with van der Waals surface area (Å²) < 4.78 is 11.1. The Labute approximate surface area is 175 Å². The van der Waals surface area contributed by atoms with E-state index in [-0.39, 0.29) is 11.3 Å². The van der Waals surface area contributed by atoms with Crippen molar-refractivity contribution in [3.8, 4) is 11.5 Å². The lowest BCUT2D eigenvalue weighted by atomic mass is 10.1. The van der Waals surface area contributed by atoms with Gasteiger partial charge in [-0.15, -0.1) is 11.8 Å². The summed E-state index contributed by atoms with van der Waals surface area (Å²) in [5.41, 5.74) is 3.34. The number of thioether (sulfide) groups is 1. The molecule has 1 atom stereocenters. The maximum Gasteiger partial charge on any atom is 0.234 e. The van der Waals surface area contributed by atoms with Crippen molar-refractivity contribution in [1.29, 1.82) is 0 Å². The quantitative estimate of drug-likeness (QED) is 0.551. The van der Waals surface area contributed by atoms with Crippen molar-refractivity contribution in [1.82, 2.24) is 4.90 Å². The number of hydrogen-bond acceptors (Lipinski definition) is 4. The third kappa shape index (κ3) is 4.74. The number of methoxy groups -OCH3 is 1. The van der Waals surface area contributed by atoms with Gasteiger partial charge in [0.1, 0.15) is 23.5 Å². The fourth-order valence-corrected chi connectivity index (χ4v) is 4.49. The second-order valence-electron chi connectivity index (χ2n) is 6.88. The van der Waals surface area contributed by atoms with Gasteiger partial charge in [0.05, 0.1) is 12.9 Å². The molecule has 4 nitrogen and oxygen atoms in total. The number of nitrogens with zero attached hydrogens (tertiary/aromatic N) is 1. The molecule has 0 aliphatic carbocycles. The van der Waals surface area contributed by atoms with Crippen LogP contribution in [0.5, 0.6) is 11.5 Å². The second-order valence-corrected chi connectivity index (χ2v) is 7.94. The number of rotatable bonds is 7. The molecule has 1 saturated heterocycles. The molecule has 0 aromatic heterocycles. The van der Waals surface area contributed by atoms with Crippen molar-refractivity contribution in [2.24, 2.45) is 0 Å². The minimum Gasteiger partial charge on any atom is -0.497 e. The molecule has 1 amide bonds. The first kappa shape index (κ1) is 19.4. The Bertz CT molecular complexity index is 942. The zero-order valence-electron chi connectivity index (χ0n) is 16.3. The van der Waals surface area contributed by atoms with Crippen LogP contribution in [-0.2, 0) is 17.9 Å². The molecule has 0 unspecified atom stereocenters. The van der Waals surface area contributed by atoms with Gasteiger partial charge in [-0.25, -0.2) is 0 Å². The molecule has 0 radical (unpaired) electrons. The predicted octanol–water partition coefficient (Wildman–Crippen LogP) is 5.05. The standard InChI is InChI=1S/C24H23NO3S/c1-27-21-11-7-18(8-12-21)15-25-23(26)17-29-24(25)20-9-13-22(14-10-20)28-16-19-5-3-2-4-6-19/h2-14,24H,15-17H2,1H3/t24-/m0/s1. The van der Waals surface area contributed by atoms with Crippen molar-refractivity contribution in [3.63, 3.8) is 0 Å². The van der Waals surface area contributed by atoms with Gasteiger partial charge in [0, 0.05) is 6.54 Å². The lowest BCUT2D eigenvalue weighted by Crippen LogP contribution is -2.27. The van der Waals surface area contributed by atoms with E-state index in [0.717, 1.165) is 28.2 Å². The van der Waals surface area contributed by atoms with E-state index in [0.29, 0.717) is 18.9 Å². The monoisotopic (exact) mass is 405 g/mol. The Balaban J connectivity index is 1.42. The van der Waals surface area contributed by atoms with Gasteiger partial charge < -0.3 is 14.4 Å². The van der Waals surface area contributed by atoms with Crippen LogP contribution >= 0.6 is 11.8 Å². The molecule has 0 saturated carbocycles. The zero-order valence-corrected chi connectivity index (χ0v) is 17.1. The van der Waals surface area contributed by atoms with Crippen molar-refractivity contribution >= 4 is 17.7 Å². The van der Waals surface area contributed by atoms with Crippen molar-refractivity contribution in [2.75, 3.05) is 12.9 Å². The number of carbonyl (C=O) groups is 1. The van der Waals surface area contributed by atoms with Crippen LogP contribution in [0.1, 0.15) is 22.1 Å². The van der Waals surface area contributed by atoms with E-state index in [9.17, 15) is 4.79 Å². The van der Waals surface area contributed by atoms with Crippen LogP contribution in [0.3, 0.4) is 0 Å². The molecule has 1 aliphatic rings. The number of hydrogen-bond donors (Lipinski definition) is 0. The molecular weight excluding hydrogens is 382 g/mol. The topological polar surface area (TPSA) is 38.8 Å².